The zero-order valence-corrected chi connectivity index (χ0v) is 12.9. The lowest BCUT2D eigenvalue weighted by Gasteiger charge is -2.14. The highest BCUT2D eigenvalue weighted by Gasteiger charge is 2.07. The SMILES string of the molecule is CC(C)(C)OC=O.CN1CCCC1.CO.CON=O. The van der Waals surface area contributed by atoms with Gasteiger partial charge in [-0.25, -0.2) is 0 Å². The fraction of sp³-hybridized carbons (Fsp3) is 0.917. The molecule has 1 heterocycles. The summed E-state index contributed by atoms with van der Waals surface area (Å²) in [5.41, 5.74) is -0.318. The molecule has 0 aromatic heterocycles. The second-order valence-corrected chi connectivity index (χ2v) is 4.59. The molecular weight excluding hydrogens is 252 g/mol. The van der Waals surface area contributed by atoms with Crippen LogP contribution in [0.2, 0.25) is 0 Å². The normalized spacial score (nSPS) is 13.4. The topological polar surface area (TPSA) is 88.4 Å². The van der Waals surface area contributed by atoms with E-state index in [1.807, 2.05) is 26.1 Å². The predicted octanol–water partition coefficient (Wildman–Crippen LogP) is 1.59. The molecule has 19 heavy (non-hydrogen) atoms. The minimum atomic E-state index is -0.318. The molecule has 0 amide bonds. The van der Waals surface area contributed by atoms with Gasteiger partial charge in [0, 0.05) is 7.11 Å². The van der Waals surface area contributed by atoms with Gasteiger partial charge in [0.2, 0.25) is 0 Å². The Bertz CT molecular complexity index is 189. The van der Waals surface area contributed by atoms with Gasteiger partial charge in [-0.05, 0) is 53.8 Å². The van der Waals surface area contributed by atoms with E-state index in [0.717, 1.165) is 7.11 Å². The molecule has 0 radical (unpaired) electrons. The summed E-state index contributed by atoms with van der Waals surface area (Å²) in [6, 6.07) is 0. The van der Waals surface area contributed by atoms with Gasteiger partial charge in [-0.1, -0.05) is 0 Å². The van der Waals surface area contributed by atoms with Crippen LogP contribution in [-0.2, 0) is 14.4 Å². The first kappa shape index (κ1) is 22.9. The molecule has 0 aromatic carbocycles. The predicted molar refractivity (Wildman–Crippen MR) is 74.6 cm³/mol. The Balaban J connectivity index is -0.000000195. The second kappa shape index (κ2) is 16.8. The molecule has 1 N–H and O–H groups in total. The lowest BCUT2D eigenvalue weighted by molar-refractivity contribution is -0.138. The number of carbonyl (C=O) groups excluding carboxylic acids is 1. The Kier molecular flexibility index (Phi) is 20.3. The van der Waals surface area contributed by atoms with Crippen LogP contribution in [0, 0.1) is 4.91 Å². The molecule has 1 aliphatic rings. The number of nitrogens with zero attached hydrogens (tertiary/aromatic N) is 2. The molecule has 7 heteroatoms. The van der Waals surface area contributed by atoms with Gasteiger partial charge in [0.1, 0.15) is 12.7 Å². The molecule has 0 aromatic rings. The summed E-state index contributed by atoms with van der Waals surface area (Å²) >= 11 is 0. The lowest BCUT2D eigenvalue weighted by Crippen LogP contribution is -2.17. The molecule has 0 unspecified atom stereocenters. The molecule has 0 aliphatic carbocycles. The maximum absolute atomic E-state index is 9.60. The van der Waals surface area contributed by atoms with Gasteiger partial charge in [0.05, 0.1) is 0 Å². The summed E-state index contributed by atoms with van der Waals surface area (Å²) in [5, 5.41) is 8.99. The van der Waals surface area contributed by atoms with E-state index in [4.69, 9.17) is 10.0 Å². The molecule has 0 bridgehead atoms. The van der Waals surface area contributed by atoms with Crippen LogP contribution < -0.4 is 0 Å². The number of carbonyl (C=O) groups is 1. The standard InChI is InChI=1S/C5H11N.C5H10O2.CH3NO2.CH4O/c1-6-4-2-3-5-6;1-5(2,3)7-4-6;1-4-2-3;1-2/h2-5H2,1H3;4H,1-3H3;1H3;2H,1H3. The average molecular weight is 280 g/mol. The van der Waals surface area contributed by atoms with Gasteiger partial charge < -0.3 is 19.6 Å². The summed E-state index contributed by atoms with van der Waals surface area (Å²) in [4.78, 5) is 24.3. The van der Waals surface area contributed by atoms with Crippen LogP contribution in [0.15, 0.2) is 5.34 Å². The number of aliphatic hydroxyl groups excluding tert-OH is 1. The quantitative estimate of drug-likeness (QED) is 0.469. The lowest BCUT2D eigenvalue weighted by atomic mass is 10.2. The molecule has 0 spiro atoms. The second-order valence-electron chi connectivity index (χ2n) is 4.59. The largest absolute Gasteiger partial charge is 0.462 e. The van der Waals surface area contributed by atoms with Gasteiger partial charge >= 0.3 is 0 Å². The van der Waals surface area contributed by atoms with Crippen LogP contribution in [0.5, 0.6) is 0 Å². The Hall–Kier alpha value is -1.21. The summed E-state index contributed by atoms with van der Waals surface area (Å²) in [6.45, 7) is 8.56. The molecule has 0 saturated carbocycles. The van der Waals surface area contributed by atoms with Crippen LogP contribution >= 0.6 is 0 Å². The van der Waals surface area contributed by atoms with Crippen molar-refractivity contribution in [1.82, 2.24) is 4.90 Å². The van der Waals surface area contributed by atoms with E-state index in [9.17, 15) is 4.79 Å². The smallest absolute Gasteiger partial charge is 0.293 e. The Morgan fingerprint density at radius 1 is 1.21 bits per heavy atom. The highest BCUT2D eigenvalue weighted by Crippen LogP contribution is 2.02. The maximum atomic E-state index is 9.60. The van der Waals surface area contributed by atoms with Crippen molar-refractivity contribution in [2.24, 2.45) is 5.34 Å². The number of hydrogen-bond acceptors (Lipinski definition) is 7. The van der Waals surface area contributed by atoms with Crippen LogP contribution in [0.1, 0.15) is 33.6 Å². The highest BCUT2D eigenvalue weighted by atomic mass is 16.7. The van der Waals surface area contributed by atoms with Gasteiger partial charge in [-0.15, -0.1) is 4.91 Å². The first-order valence-electron chi connectivity index (χ1n) is 5.98. The Morgan fingerprint density at radius 2 is 1.58 bits per heavy atom. The van der Waals surface area contributed by atoms with Crippen molar-refractivity contribution >= 4 is 6.47 Å². The van der Waals surface area contributed by atoms with Gasteiger partial charge in [0.25, 0.3) is 6.47 Å². The van der Waals surface area contributed by atoms with Crippen molar-refractivity contribution in [2.75, 3.05) is 34.4 Å². The monoisotopic (exact) mass is 280 g/mol. The van der Waals surface area contributed by atoms with E-state index in [1.54, 1.807) is 0 Å². The fourth-order valence-corrected chi connectivity index (χ4v) is 1.02. The van der Waals surface area contributed by atoms with Crippen molar-refractivity contribution in [2.45, 2.75) is 39.2 Å². The molecule has 1 aliphatic heterocycles. The molecule has 116 valence electrons. The molecule has 1 rings (SSSR count). The maximum Gasteiger partial charge on any atom is 0.293 e. The third-order valence-corrected chi connectivity index (χ3v) is 1.81. The Labute approximate surface area is 115 Å². The first-order valence-corrected chi connectivity index (χ1v) is 5.98. The van der Waals surface area contributed by atoms with Crippen LogP contribution in [0.3, 0.4) is 0 Å². The summed E-state index contributed by atoms with van der Waals surface area (Å²) < 4.78 is 4.55. The van der Waals surface area contributed by atoms with Crippen molar-refractivity contribution in [3.8, 4) is 0 Å². The summed E-state index contributed by atoms with van der Waals surface area (Å²) in [5.74, 6) is 0. The fourth-order valence-electron chi connectivity index (χ4n) is 1.02. The van der Waals surface area contributed by atoms with Crippen molar-refractivity contribution in [3.63, 3.8) is 0 Å². The minimum absolute atomic E-state index is 0.318. The summed E-state index contributed by atoms with van der Waals surface area (Å²) in [6.07, 6.45) is 2.83. The van der Waals surface area contributed by atoms with Crippen molar-refractivity contribution in [3.05, 3.63) is 4.91 Å². The molecule has 1 fully saturated rings. The third kappa shape index (κ3) is 31.5. The average Bonchev–Trinajstić information content (AvgIpc) is 2.82. The highest BCUT2D eigenvalue weighted by molar-refractivity contribution is 5.37. The number of hydrogen-bond donors (Lipinski definition) is 1. The van der Waals surface area contributed by atoms with E-state index < -0.39 is 0 Å². The van der Waals surface area contributed by atoms with Crippen LogP contribution in [0.25, 0.3) is 0 Å². The molecule has 1 saturated heterocycles. The van der Waals surface area contributed by atoms with E-state index in [1.165, 1.54) is 33.0 Å². The first-order chi connectivity index (χ1) is 8.87. The van der Waals surface area contributed by atoms with E-state index in [0.29, 0.717) is 6.47 Å². The zero-order chi connectivity index (χ0) is 15.7. The Morgan fingerprint density at radius 3 is 1.63 bits per heavy atom. The minimum Gasteiger partial charge on any atom is -0.462 e. The van der Waals surface area contributed by atoms with E-state index in [-0.39, 0.29) is 5.60 Å². The van der Waals surface area contributed by atoms with Crippen LogP contribution in [-0.4, -0.2) is 56.4 Å². The number of aliphatic hydroxyl groups is 1. The van der Waals surface area contributed by atoms with E-state index in [2.05, 4.69) is 21.5 Å². The van der Waals surface area contributed by atoms with Crippen molar-refractivity contribution < 1.29 is 19.5 Å². The molecular formula is C12H28N2O5. The van der Waals surface area contributed by atoms with Crippen LogP contribution in [0.4, 0.5) is 0 Å². The van der Waals surface area contributed by atoms with Gasteiger partial charge in [-0.2, -0.15) is 0 Å². The molecule has 0 atom stereocenters. The number of ether oxygens (including phenoxy) is 1. The van der Waals surface area contributed by atoms with Gasteiger partial charge in [0.15, 0.2) is 5.34 Å². The van der Waals surface area contributed by atoms with Gasteiger partial charge in [-0.3, -0.25) is 4.79 Å². The molecule has 7 nitrogen and oxygen atoms in total. The number of likely N-dealkylation sites (tertiary alicyclic amines) is 1. The van der Waals surface area contributed by atoms with E-state index >= 15 is 0 Å². The van der Waals surface area contributed by atoms with Crippen molar-refractivity contribution in [1.29, 1.82) is 0 Å². The zero-order valence-electron chi connectivity index (χ0n) is 12.9. The number of rotatable bonds is 2. The third-order valence-electron chi connectivity index (χ3n) is 1.81. The summed E-state index contributed by atoms with van der Waals surface area (Å²) in [7, 11) is 4.38.